The summed E-state index contributed by atoms with van der Waals surface area (Å²) >= 11 is 0. The summed E-state index contributed by atoms with van der Waals surface area (Å²) in [5.41, 5.74) is 3.02. The van der Waals surface area contributed by atoms with E-state index in [9.17, 15) is 4.79 Å². The van der Waals surface area contributed by atoms with Gasteiger partial charge in [0, 0.05) is 0 Å². The molecule has 1 aromatic heterocycles. The molecule has 0 saturated carbocycles. The summed E-state index contributed by atoms with van der Waals surface area (Å²) in [6, 6.07) is 16.6. The molecule has 0 saturated heterocycles. The van der Waals surface area contributed by atoms with Crippen LogP contribution in [0.3, 0.4) is 0 Å². The highest BCUT2D eigenvalue weighted by Gasteiger charge is 2.19. The molecular weight excluding hydrogens is 304 g/mol. The molecule has 5 heteroatoms. The summed E-state index contributed by atoms with van der Waals surface area (Å²) < 4.78 is 12.8. The normalized spacial score (nSPS) is 10.8. The van der Waals surface area contributed by atoms with Gasteiger partial charge in [-0.05, 0) is 37.6 Å². The van der Waals surface area contributed by atoms with Gasteiger partial charge in [-0.25, -0.2) is 4.79 Å². The van der Waals surface area contributed by atoms with Gasteiger partial charge in [-0.2, -0.15) is 4.98 Å². The number of carbonyl (C=O) groups excluding carboxylic acids is 1. The summed E-state index contributed by atoms with van der Waals surface area (Å²) in [7, 11) is 0. The molecule has 0 amide bonds. The maximum Gasteiger partial charge on any atom is 0.340 e. The minimum atomic E-state index is -0.353. The molecule has 0 spiro atoms. The van der Waals surface area contributed by atoms with E-state index in [1.165, 1.54) is 0 Å². The Balaban J connectivity index is 2.15. The quantitative estimate of drug-likeness (QED) is 0.652. The van der Waals surface area contributed by atoms with Crippen molar-refractivity contribution in [3.05, 3.63) is 59.7 Å². The second kappa shape index (κ2) is 7.17. The standard InChI is InChI=1S/C19H19N2O3/c1-3-23-18(22)15-11-8-12-16-17(15)21(19(20-16)24-4-2)13-14-9-6-5-7-10-14/h6-12H,3-4,13H2,1-2H3. The highest BCUT2D eigenvalue weighted by molar-refractivity contribution is 6.02. The number of ether oxygens (including phenoxy) is 2. The Bertz CT molecular complexity index is 840. The van der Waals surface area contributed by atoms with Crippen LogP contribution in [-0.4, -0.2) is 28.7 Å². The van der Waals surface area contributed by atoms with Gasteiger partial charge in [0.15, 0.2) is 0 Å². The van der Waals surface area contributed by atoms with Gasteiger partial charge in [0.1, 0.15) is 0 Å². The van der Waals surface area contributed by atoms with Gasteiger partial charge in [0.25, 0.3) is 6.01 Å². The van der Waals surface area contributed by atoms with Crippen molar-refractivity contribution in [3.8, 4) is 6.01 Å². The number of fused-ring (bicyclic) bond motifs is 1. The summed E-state index contributed by atoms with van der Waals surface area (Å²) in [4.78, 5) is 16.8. The van der Waals surface area contributed by atoms with Crippen molar-refractivity contribution >= 4 is 17.0 Å². The van der Waals surface area contributed by atoms with Crippen LogP contribution in [0.15, 0.2) is 42.5 Å². The molecule has 24 heavy (non-hydrogen) atoms. The Hall–Kier alpha value is -2.82. The number of rotatable bonds is 6. The molecule has 123 valence electrons. The van der Waals surface area contributed by atoms with Crippen molar-refractivity contribution in [1.82, 2.24) is 9.55 Å². The van der Waals surface area contributed by atoms with E-state index in [2.05, 4.69) is 11.1 Å². The minimum Gasteiger partial charge on any atom is -0.465 e. The second-order valence-corrected chi connectivity index (χ2v) is 5.22. The van der Waals surface area contributed by atoms with Gasteiger partial charge < -0.3 is 9.47 Å². The predicted molar refractivity (Wildman–Crippen MR) is 91.2 cm³/mol. The molecule has 0 aliphatic heterocycles. The van der Waals surface area contributed by atoms with Crippen molar-refractivity contribution in [1.29, 1.82) is 0 Å². The van der Waals surface area contributed by atoms with Crippen LogP contribution in [0.5, 0.6) is 6.01 Å². The Morgan fingerprint density at radius 2 is 1.96 bits per heavy atom. The van der Waals surface area contributed by atoms with Crippen molar-refractivity contribution in [2.45, 2.75) is 20.4 Å². The Kier molecular flexibility index (Phi) is 4.79. The largest absolute Gasteiger partial charge is 0.465 e. The molecule has 3 aromatic rings. The van der Waals surface area contributed by atoms with E-state index >= 15 is 0 Å². The highest BCUT2D eigenvalue weighted by Crippen LogP contribution is 2.26. The van der Waals surface area contributed by atoms with Crippen LogP contribution in [0.2, 0.25) is 0 Å². The third-order valence-electron chi connectivity index (χ3n) is 3.63. The fourth-order valence-electron chi connectivity index (χ4n) is 2.63. The maximum absolute atomic E-state index is 12.3. The maximum atomic E-state index is 12.3. The number of hydrogen-bond acceptors (Lipinski definition) is 4. The zero-order chi connectivity index (χ0) is 16.9. The molecule has 0 bridgehead atoms. The van der Waals surface area contributed by atoms with Crippen molar-refractivity contribution < 1.29 is 14.3 Å². The Morgan fingerprint density at radius 3 is 2.67 bits per heavy atom. The number of aromatic nitrogens is 2. The van der Waals surface area contributed by atoms with E-state index in [0.29, 0.717) is 36.8 Å². The van der Waals surface area contributed by atoms with E-state index in [4.69, 9.17) is 9.47 Å². The molecule has 5 nitrogen and oxygen atoms in total. The van der Waals surface area contributed by atoms with Gasteiger partial charge >= 0.3 is 5.97 Å². The third-order valence-corrected chi connectivity index (χ3v) is 3.63. The van der Waals surface area contributed by atoms with Crippen LogP contribution in [0, 0.1) is 6.07 Å². The molecule has 1 heterocycles. The topological polar surface area (TPSA) is 53.4 Å². The number of carbonyl (C=O) groups is 1. The van der Waals surface area contributed by atoms with E-state index in [1.54, 1.807) is 19.1 Å². The highest BCUT2D eigenvalue weighted by atomic mass is 16.5. The lowest BCUT2D eigenvalue weighted by Crippen LogP contribution is -2.10. The number of nitrogens with zero attached hydrogens (tertiary/aromatic N) is 2. The third kappa shape index (κ3) is 3.11. The van der Waals surface area contributed by atoms with Crippen LogP contribution in [0.4, 0.5) is 0 Å². The molecule has 0 N–H and O–H groups in total. The first-order chi connectivity index (χ1) is 11.7. The lowest BCUT2D eigenvalue weighted by Gasteiger charge is -2.11. The SMILES string of the molecule is CCOC(=O)c1cccc2nc(OCC)n(Cc3cc[c]cc3)c12. The summed E-state index contributed by atoms with van der Waals surface area (Å²) in [5, 5.41) is 0. The summed E-state index contributed by atoms with van der Waals surface area (Å²) in [6.45, 7) is 5.09. The number of esters is 1. The van der Waals surface area contributed by atoms with Gasteiger partial charge in [0.05, 0.1) is 36.4 Å². The Labute approximate surface area is 140 Å². The first kappa shape index (κ1) is 16.1. The smallest absolute Gasteiger partial charge is 0.340 e. The van der Waals surface area contributed by atoms with Crippen LogP contribution < -0.4 is 4.74 Å². The number of benzene rings is 2. The second-order valence-electron chi connectivity index (χ2n) is 5.22. The van der Waals surface area contributed by atoms with Crippen molar-refractivity contribution in [2.75, 3.05) is 13.2 Å². The van der Waals surface area contributed by atoms with Crippen LogP contribution in [0.25, 0.3) is 11.0 Å². The number of imidazole rings is 1. The lowest BCUT2D eigenvalue weighted by molar-refractivity contribution is 0.0528. The van der Waals surface area contributed by atoms with Gasteiger partial charge in [-0.3, -0.25) is 4.57 Å². The molecule has 0 unspecified atom stereocenters. The summed E-state index contributed by atoms with van der Waals surface area (Å²) in [5.74, 6) is -0.353. The van der Waals surface area contributed by atoms with Crippen LogP contribution >= 0.6 is 0 Å². The zero-order valence-corrected chi connectivity index (χ0v) is 13.8. The number of hydrogen-bond donors (Lipinski definition) is 0. The fraction of sp³-hybridized carbons (Fsp3) is 0.263. The summed E-state index contributed by atoms with van der Waals surface area (Å²) in [6.07, 6.45) is 0. The first-order valence-electron chi connectivity index (χ1n) is 7.98. The molecule has 3 rings (SSSR count). The average molecular weight is 323 g/mol. The predicted octanol–water partition coefficient (Wildman–Crippen LogP) is 3.46. The van der Waals surface area contributed by atoms with Gasteiger partial charge in [0.2, 0.25) is 0 Å². The molecule has 0 atom stereocenters. The van der Waals surface area contributed by atoms with Crippen LogP contribution in [-0.2, 0) is 11.3 Å². The zero-order valence-electron chi connectivity index (χ0n) is 13.8. The van der Waals surface area contributed by atoms with E-state index in [-0.39, 0.29) is 5.97 Å². The molecule has 0 fully saturated rings. The van der Waals surface area contributed by atoms with Crippen molar-refractivity contribution in [2.24, 2.45) is 0 Å². The molecular formula is C19H19N2O3. The molecule has 2 aromatic carbocycles. The molecule has 0 aliphatic rings. The van der Waals surface area contributed by atoms with Crippen molar-refractivity contribution in [3.63, 3.8) is 0 Å². The molecule has 1 radical (unpaired) electrons. The Morgan fingerprint density at radius 1 is 1.17 bits per heavy atom. The first-order valence-corrected chi connectivity index (χ1v) is 7.98. The van der Waals surface area contributed by atoms with Gasteiger partial charge in [-0.15, -0.1) is 0 Å². The minimum absolute atomic E-state index is 0.330. The fourth-order valence-corrected chi connectivity index (χ4v) is 2.63. The number of para-hydroxylation sites is 1. The molecule has 0 aliphatic carbocycles. The van der Waals surface area contributed by atoms with E-state index < -0.39 is 0 Å². The lowest BCUT2D eigenvalue weighted by atomic mass is 10.1. The monoisotopic (exact) mass is 323 g/mol. The van der Waals surface area contributed by atoms with Crippen LogP contribution in [0.1, 0.15) is 29.8 Å². The average Bonchev–Trinajstić information content (AvgIpc) is 2.94. The van der Waals surface area contributed by atoms with E-state index in [1.807, 2.05) is 41.8 Å². The van der Waals surface area contributed by atoms with Gasteiger partial charge in [-0.1, -0.05) is 30.3 Å². The van der Waals surface area contributed by atoms with E-state index in [0.717, 1.165) is 11.1 Å².